The van der Waals surface area contributed by atoms with Crippen LogP contribution in [-0.4, -0.2) is 10.9 Å². The third-order valence-electron chi connectivity index (χ3n) is 3.28. The van der Waals surface area contributed by atoms with Gasteiger partial charge in [-0.05, 0) is 48.5 Å². The molecule has 0 atom stereocenters. The first-order chi connectivity index (χ1) is 11.6. The van der Waals surface area contributed by atoms with Gasteiger partial charge >= 0.3 is 0 Å². The molecule has 0 saturated heterocycles. The fourth-order valence-electron chi connectivity index (χ4n) is 2.11. The molecule has 24 heavy (non-hydrogen) atoms. The Labute approximate surface area is 153 Å². The number of para-hydroxylation sites is 1. The molecule has 0 fully saturated rings. The Bertz CT molecular complexity index is 868. The van der Waals surface area contributed by atoms with E-state index >= 15 is 0 Å². The molecule has 3 aromatic rings. The maximum absolute atomic E-state index is 12.6. The highest BCUT2D eigenvalue weighted by Crippen LogP contribution is 2.26. The van der Waals surface area contributed by atoms with Crippen molar-refractivity contribution < 1.29 is 4.79 Å². The van der Waals surface area contributed by atoms with Crippen LogP contribution >= 0.6 is 27.5 Å². The smallest absolute Gasteiger partial charge is 0.259 e. The summed E-state index contributed by atoms with van der Waals surface area (Å²) >= 11 is 9.52. The third-order valence-corrected chi connectivity index (χ3v) is 4.14. The number of hydrogen-bond acceptors (Lipinski definition) is 3. The van der Waals surface area contributed by atoms with Crippen molar-refractivity contribution in [3.8, 4) is 0 Å². The zero-order valence-corrected chi connectivity index (χ0v) is 14.8. The van der Waals surface area contributed by atoms with Crippen molar-refractivity contribution in [2.24, 2.45) is 0 Å². The fourth-order valence-corrected chi connectivity index (χ4v) is 2.56. The summed E-state index contributed by atoms with van der Waals surface area (Å²) in [6.45, 7) is 0. The van der Waals surface area contributed by atoms with Crippen molar-refractivity contribution in [2.45, 2.75) is 0 Å². The second-order valence-electron chi connectivity index (χ2n) is 4.97. The second kappa shape index (κ2) is 7.47. The monoisotopic (exact) mass is 401 g/mol. The number of halogens is 2. The average molecular weight is 403 g/mol. The molecular formula is C18H13BrClN3O. The zero-order chi connectivity index (χ0) is 16.9. The molecule has 1 heterocycles. The molecule has 0 unspecified atom stereocenters. The summed E-state index contributed by atoms with van der Waals surface area (Å²) in [5.41, 5.74) is 1.83. The number of carbonyl (C=O) groups excluding carboxylic acids is 1. The molecule has 1 amide bonds. The van der Waals surface area contributed by atoms with Crippen molar-refractivity contribution in [1.29, 1.82) is 0 Å². The van der Waals surface area contributed by atoms with Gasteiger partial charge in [0.2, 0.25) is 0 Å². The van der Waals surface area contributed by atoms with E-state index in [1.165, 1.54) is 0 Å². The van der Waals surface area contributed by atoms with E-state index in [1.807, 2.05) is 42.5 Å². The van der Waals surface area contributed by atoms with Gasteiger partial charge in [-0.15, -0.1) is 0 Å². The van der Waals surface area contributed by atoms with Crippen LogP contribution in [0.15, 0.2) is 71.3 Å². The van der Waals surface area contributed by atoms with Gasteiger partial charge in [0.1, 0.15) is 5.82 Å². The van der Waals surface area contributed by atoms with Gasteiger partial charge in [-0.25, -0.2) is 4.98 Å². The topological polar surface area (TPSA) is 54.0 Å². The van der Waals surface area contributed by atoms with Gasteiger partial charge in [-0.3, -0.25) is 4.79 Å². The molecule has 4 nitrogen and oxygen atoms in total. The highest BCUT2D eigenvalue weighted by Gasteiger charge is 2.13. The van der Waals surface area contributed by atoms with E-state index in [-0.39, 0.29) is 5.91 Å². The lowest BCUT2D eigenvalue weighted by Gasteiger charge is -2.12. The summed E-state index contributed by atoms with van der Waals surface area (Å²) in [5.74, 6) is 0.195. The molecule has 2 N–H and O–H groups in total. The van der Waals surface area contributed by atoms with Crippen molar-refractivity contribution in [3.63, 3.8) is 0 Å². The van der Waals surface area contributed by atoms with E-state index in [1.54, 1.807) is 24.4 Å². The minimum absolute atomic E-state index is 0.250. The number of nitrogens with zero attached hydrogens (tertiary/aromatic N) is 1. The summed E-state index contributed by atoms with van der Waals surface area (Å²) in [4.78, 5) is 16.8. The molecular weight excluding hydrogens is 390 g/mol. The van der Waals surface area contributed by atoms with E-state index in [0.29, 0.717) is 27.8 Å². The first-order valence-corrected chi connectivity index (χ1v) is 8.34. The van der Waals surface area contributed by atoms with Gasteiger partial charge < -0.3 is 10.6 Å². The molecule has 2 aromatic carbocycles. The number of aromatic nitrogens is 1. The SMILES string of the molecule is O=C(Nc1ccc(Br)cc1)c1cccnc1Nc1ccccc1Cl. The van der Waals surface area contributed by atoms with Gasteiger partial charge in [-0.2, -0.15) is 0 Å². The number of rotatable bonds is 4. The highest BCUT2D eigenvalue weighted by atomic mass is 79.9. The van der Waals surface area contributed by atoms with Crippen LogP contribution < -0.4 is 10.6 Å². The van der Waals surface area contributed by atoms with E-state index in [2.05, 4.69) is 31.5 Å². The van der Waals surface area contributed by atoms with Crippen LogP contribution in [0.2, 0.25) is 5.02 Å². The van der Waals surface area contributed by atoms with E-state index in [0.717, 1.165) is 4.47 Å². The maximum Gasteiger partial charge on any atom is 0.259 e. The van der Waals surface area contributed by atoms with E-state index in [4.69, 9.17) is 11.6 Å². The van der Waals surface area contributed by atoms with Crippen LogP contribution in [0.4, 0.5) is 17.2 Å². The number of amides is 1. The maximum atomic E-state index is 12.6. The van der Waals surface area contributed by atoms with Gasteiger partial charge in [0.05, 0.1) is 16.3 Å². The number of anilines is 3. The van der Waals surface area contributed by atoms with Gasteiger partial charge in [0.25, 0.3) is 5.91 Å². The van der Waals surface area contributed by atoms with Crippen LogP contribution in [0.5, 0.6) is 0 Å². The molecule has 0 aliphatic carbocycles. The second-order valence-corrected chi connectivity index (χ2v) is 6.29. The number of hydrogen-bond donors (Lipinski definition) is 2. The molecule has 0 bridgehead atoms. The predicted molar refractivity (Wildman–Crippen MR) is 101 cm³/mol. The van der Waals surface area contributed by atoms with Crippen LogP contribution in [0.25, 0.3) is 0 Å². The standard InChI is InChI=1S/C18H13BrClN3O/c19-12-7-9-13(10-8-12)22-18(24)14-4-3-11-21-17(14)23-16-6-2-1-5-15(16)20/h1-11H,(H,21,23)(H,22,24). The summed E-state index contributed by atoms with van der Waals surface area (Å²) < 4.78 is 0.947. The van der Waals surface area contributed by atoms with Crippen molar-refractivity contribution in [3.05, 3.63) is 81.9 Å². The zero-order valence-electron chi connectivity index (χ0n) is 12.5. The van der Waals surface area contributed by atoms with Gasteiger partial charge in [0, 0.05) is 16.4 Å². The normalized spacial score (nSPS) is 10.2. The lowest BCUT2D eigenvalue weighted by Crippen LogP contribution is -2.14. The first kappa shape index (κ1) is 16.5. The quantitative estimate of drug-likeness (QED) is 0.606. The predicted octanol–water partition coefficient (Wildman–Crippen LogP) is 5.49. The molecule has 6 heteroatoms. The molecule has 1 aromatic heterocycles. The summed E-state index contributed by atoms with van der Waals surface area (Å²) in [7, 11) is 0. The molecule has 0 saturated carbocycles. The van der Waals surface area contributed by atoms with Crippen molar-refractivity contribution in [2.75, 3.05) is 10.6 Å². The lowest BCUT2D eigenvalue weighted by molar-refractivity contribution is 0.102. The van der Waals surface area contributed by atoms with Crippen LogP contribution in [0.1, 0.15) is 10.4 Å². The molecule has 120 valence electrons. The number of pyridine rings is 1. The van der Waals surface area contributed by atoms with E-state index in [9.17, 15) is 4.79 Å². The Morgan fingerprint density at radius 1 is 1.00 bits per heavy atom. The molecule has 0 spiro atoms. The minimum Gasteiger partial charge on any atom is -0.338 e. The van der Waals surface area contributed by atoms with Crippen molar-refractivity contribution >= 4 is 50.6 Å². The van der Waals surface area contributed by atoms with Crippen LogP contribution in [0.3, 0.4) is 0 Å². The molecule has 3 rings (SSSR count). The van der Waals surface area contributed by atoms with Crippen molar-refractivity contribution in [1.82, 2.24) is 4.98 Å². The lowest BCUT2D eigenvalue weighted by atomic mass is 10.2. The van der Waals surface area contributed by atoms with Crippen LogP contribution in [-0.2, 0) is 0 Å². The Morgan fingerprint density at radius 3 is 2.50 bits per heavy atom. The molecule has 0 radical (unpaired) electrons. The number of benzene rings is 2. The summed E-state index contributed by atoms with van der Waals surface area (Å²) in [6.07, 6.45) is 1.62. The molecule has 0 aliphatic rings. The largest absolute Gasteiger partial charge is 0.338 e. The Balaban J connectivity index is 1.84. The Kier molecular flexibility index (Phi) is 5.13. The Hall–Kier alpha value is -2.37. The minimum atomic E-state index is -0.250. The Morgan fingerprint density at radius 2 is 1.75 bits per heavy atom. The van der Waals surface area contributed by atoms with E-state index < -0.39 is 0 Å². The first-order valence-electron chi connectivity index (χ1n) is 7.17. The number of nitrogens with one attached hydrogen (secondary N) is 2. The fraction of sp³-hybridized carbons (Fsp3) is 0. The van der Waals surface area contributed by atoms with Gasteiger partial charge in [-0.1, -0.05) is 39.7 Å². The highest BCUT2D eigenvalue weighted by molar-refractivity contribution is 9.10. The average Bonchev–Trinajstić information content (AvgIpc) is 2.59. The molecule has 0 aliphatic heterocycles. The summed E-state index contributed by atoms with van der Waals surface area (Å²) in [6, 6.07) is 18.1. The third kappa shape index (κ3) is 3.93. The van der Waals surface area contributed by atoms with Gasteiger partial charge in [0.15, 0.2) is 0 Å². The van der Waals surface area contributed by atoms with Crippen LogP contribution in [0, 0.1) is 0 Å². The number of carbonyl (C=O) groups is 1. The summed E-state index contributed by atoms with van der Waals surface area (Å²) in [5, 5.41) is 6.52.